The fourth-order valence-electron chi connectivity index (χ4n) is 3.21. The van der Waals surface area contributed by atoms with Crippen LogP contribution in [0.3, 0.4) is 0 Å². The average Bonchev–Trinajstić information content (AvgIpc) is 2.97. The molecule has 4 rings (SSSR count). The molecule has 0 atom stereocenters. The van der Waals surface area contributed by atoms with Crippen LogP contribution in [0.25, 0.3) is 11.0 Å². The molecular formula is C17H21N3O4. The Morgan fingerprint density at radius 3 is 2.54 bits per heavy atom. The molecule has 0 N–H and O–H groups in total. The maximum atomic E-state index is 12.6. The van der Waals surface area contributed by atoms with E-state index in [0.29, 0.717) is 46.1 Å². The van der Waals surface area contributed by atoms with E-state index in [1.54, 1.807) is 0 Å². The second kappa shape index (κ2) is 6.32. The topological polar surface area (TPSA) is 65.8 Å². The second-order valence-electron chi connectivity index (χ2n) is 5.95. The predicted octanol–water partition coefficient (Wildman–Crippen LogP) is 1.23. The number of amides is 1. The average molecular weight is 331 g/mol. The minimum Gasteiger partial charge on any atom is -0.486 e. The highest BCUT2D eigenvalue weighted by Gasteiger charge is 2.22. The summed E-state index contributed by atoms with van der Waals surface area (Å²) in [6.07, 6.45) is 0.761. The van der Waals surface area contributed by atoms with Crippen LogP contribution in [0.4, 0.5) is 0 Å². The Kier molecular flexibility index (Phi) is 4.02. The summed E-state index contributed by atoms with van der Waals surface area (Å²) in [7, 11) is 0. The summed E-state index contributed by atoms with van der Waals surface area (Å²) in [5, 5.41) is 0. The Morgan fingerprint density at radius 2 is 1.83 bits per heavy atom. The molecule has 0 aliphatic carbocycles. The van der Waals surface area contributed by atoms with Crippen LogP contribution in [0.15, 0.2) is 12.1 Å². The third kappa shape index (κ3) is 2.69. The number of aromatic nitrogens is 2. The quantitative estimate of drug-likeness (QED) is 0.846. The van der Waals surface area contributed by atoms with Gasteiger partial charge in [-0.15, -0.1) is 0 Å². The van der Waals surface area contributed by atoms with Gasteiger partial charge in [-0.3, -0.25) is 4.79 Å². The number of rotatable bonds is 3. The highest BCUT2D eigenvalue weighted by atomic mass is 16.6. The highest BCUT2D eigenvalue weighted by Crippen LogP contribution is 2.34. The Bertz CT molecular complexity index is 765. The van der Waals surface area contributed by atoms with Gasteiger partial charge >= 0.3 is 0 Å². The van der Waals surface area contributed by atoms with Gasteiger partial charge in [0.25, 0.3) is 0 Å². The SMILES string of the molecule is CCc1nc2cc3c(cc2n1CC(=O)N1CCOCC1)OCCO3. The zero-order chi connectivity index (χ0) is 16.5. The number of aryl methyl sites for hydroxylation is 1. The van der Waals surface area contributed by atoms with Crippen LogP contribution in [-0.4, -0.2) is 59.9 Å². The largest absolute Gasteiger partial charge is 0.486 e. The summed E-state index contributed by atoms with van der Waals surface area (Å²) in [4.78, 5) is 19.2. The van der Waals surface area contributed by atoms with Gasteiger partial charge in [0, 0.05) is 31.6 Å². The molecule has 0 bridgehead atoms. The molecule has 0 spiro atoms. The van der Waals surface area contributed by atoms with Crippen molar-refractivity contribution < 1.29 is 19.0 Å². The number of carbonyl (C=O) groups excluding carboxylic acids is 1. The number of morpholine rings is 1. The van der Waals surface area contributed by atoms with Crippen LogP contribution >= 0.6 is 0 Å². The molecule has 7 heteroatoms. The van der Waals surface area contributed by atoms with Crippen molar-refractivity contribution in [3.05, 3.63) is 18.0 Å². The van der Waals surface area contributed by atoms with Gasteiger partial charge in [0.05, 0.1) is 24.2 Å². The van der Waals surface area contributed by atoms with Crippen molar-refractivity contribution in [2.24, 2.45) is 0 Å². The van der Waals surface area contributed by atoms with Crippen molar-refractivity contribution in [1.82, 2.24) is 14.5 Å². The Balaban J connectivity index is 1.68. The number of nitrogens with zero attached hydrogens (tertiary/aromatic N) is 3. The summed E-state index contributed by atoms with van der Waals surface area (Å²) in [5.41, 5.74) is 1.75. The maximum absolute atomic E-state index is 12.6. The molecule has 1 saturated heterocycles. The molecule has 1 amide bonds. The van der Waals surface area contributed by atoms with Crippen LogP contribution in [0.5, 0.6) is 11.5 Å². The van der Waals surface area contributed by atoms with Gasteiger partial charge in [0.15, 0.2) is 11.5 Å². The van der Waals surface area contributed by atoms with Crippen molar-refractivity contribution in [1.29, 1.82) is 0 Å². The Hall–Kier alpha value is -2.28. The molecule has 128 valence electrons. The smallest absolute Gasteiger partial charge is 0.242 e. The molecule has 1 fully saturated rings. The fourth-order valence-corrected chi connectivity index (χ4v) is 3.21. The zero-order valence-corrected chi connectivity index (χ0v) is 13.8. The number of benzene rings is 1. The normalized spacial score (nSPS) is 17.3. The second-order valence-corrected chi connectivity index (χ2v) is 5.95. The third-order valence-electron chi connectivity index (χ3n) is 4.46. The lowest BCUT2D eigenvalue weighted by molar-refractivity contribution is -0.135. The molecule has 1 aromatic heterocycles. The van der Waals surface area contributed by atoms with Crippen molar-refractivity contribution in [2.45, 2.75) is 19.9 Å². The zero-order valence-electron chi connectivity index (χ0n) is 13.8. The van der Waals surface area contributed by atoms with E-state index in [1.807, 2.05) is 28.5 Å². The van der Waals surface area contributed by atoms with E-state index < -0.39 is 0 Å². The summed E-state index contributed by atoms with van der Waals surface area (Å²) in [5.74, 6) is 2.44. The number of hydrogen-bond donors (Lipinski definition) is 0. The lowest BCUT2D eigenvalue weighted by Gasteiger charge is -2.27. The standard InChI is InChI=1S/C17H21N3O4/c1-2-16-18-12-9-14-15(24-8-7-23-14)10-13(12)20(16)11-17(21)19-3-5-22-6-4-19/h9-10H,2-8,11H2,1H3. The summed E-state index contributed by atoms with van der Waals surface area (Å²) in [6, 6.07) is 3.83. The van der Waals surface area contributed by atoms with Crippen molar-refractivity contribution in [3.63, 3.8) is 0 Å². The monoisotopic (exact) mass is 331 g/mol. The molecule has 7 nitrogen and oxygen atoms in total. The van der Waals surface area contributed by atoms with Crippen LogP contribution in [-0.2, 0) is 22.5 Å². The van der Waals surface area contributed by atoms with E-state index in [-0.39, 0.29) is 5.91 Å². The first kappa shape index (κ1) is 15.3. The molecule has 2 aliphatic rings. The molecule has 1 aromatic carbocycles. The van der Waals surface area contributed by atoms with Gasteiger partial charge in [-0.25, -0.2) is 4.98 Å². The van der Waals surface area contributed by atoms with Crippen LogP contribution in [0, 0.1) is 0 Å². The Labute approximate surface area is 140 Å². The summed E-state index contributed by atoms with van der Waals surface area (Å²) < 4.78 is 18.6. The number of hydrogen-bond acceptors (Lipinski definition) is 5. The van der Waals surface area contributed by atoms with Gasteiger partial charge in [0.1, 0.15) is 25.6 Å². The molecule has 0 radical (unpaired) electrons. The molecule has 3 heterocycles. The lowest BCUT2D eigenvalue weighted by Crippen LogP contribution is -2.42. The third-order valence-corrected chi connectivity index (χ3v) is 4.46. The minimum absolute atomic E-state index is 0.0992. The summed E-state index contributed by atoms with van der Waals surface area (Å²) >= 11 is 0. The Morgan fingerprint density at radius 1 is 1.12 bits per heavy atom. The number of ether oxygens (including phenoxy) is 3. The van der Waals surface area contributed by atoms with E-state index in [4.69, 9.17) is 14.2 Å². The van der Waals surface area contributed by atoms with Crippen molar-refractivity contribution >= 4 is 16.9 Å². The van der Waals surface area contributed by atoms with Gasteiger partial charge < -0.3 is 23.7 Å². The van der Waals surface area contributed by atoms with Gasteiger partial charge in [-0.05, 0) is 0 Å². The first-order valence-electron chi connectivity index (χ1n) is 8.40. The fraction of sp³-hybridized carbons (Fsp3) is 0.529. The molecule has 24 heavy (non-hydrogen) atoms. The molecule has 2 aromatic rings. The lowest BCUT2D eigenvalue weighted by atomic mass is 10.2. The first-order valence-corrected chi connectivity index (χ1v) is 8.40. The van der Waals surface area contributed by atoms with Crippen molar-refractivity contribution in [2.75, 3.05) is 39.5 Å². The minimum atomic E-state index is 0.0992. The predicted molar refractivity (Wildman–Crippen MR) is 87.5 cm³/mol. The molecule has 2 aliphatic heterocycles. The van der Waals surface area contributed by atoms with Gasteiger partial charge in [0.2, 0.25) is 5.91 Å². The molecule has 0 unspecified atom stereocenters. The summed E-state index contributed by atoms with van der Waals surface area (Å²) in [6.45, 7) is 5.95. The molecule has 0 saturated carbocycles. The van der Waals surface area contributed by atoms with Crippen LogP contribution < -0.4 is 9.47 Å². The van der Waals surface area contributed by atoms with Crippen molar-refractivity contribution in [3.8, 4) is 11.5 Å². The van der Waals surface area contributed by atoms with E-state index in [1.165, 1.54) is 0 Å². The van der Waals surface area contributed by atoms with E-state index >= 15 is 0 Å². The highest BCUT2D eigenvalue weighted by molar-refractivity contribution is 5.84. The van der Waals surface area contributed by atoms with Gasteiger partial charge in [-0.2, -0.15) is 0 Å². The number of carbonyl (C=O) groups is 1. The van der Waals surface area contributed by atoms with Crippen LogP contribution in [0.2, 0.25) is 0 Å². The maximum Gasteiger partial charge on any atom is 0.242 e. The van der Waals surface area contributed by atoms with E-state index in [0.717, 1.165) is 34.8 Å². The molecular weight excluding hydrogens is 310 g/mol. The number of fused-ring (bicyclic) bond motifs is 2. The first-order chi connectivity index (χ1) is 11.8. The van der Waals surface area contributed by atoms with E-state index in [9.17, 15) is 4.79 Å². The number of imidazole rings is 1. The van der Waals surface area contributed by atoms with Crippen LogP contribution in [0.1, 0.15) is 12.7 Å². The van der Waals surface area contributed by atoms with Gasteiger partial charge in [-0.1, -0.05) is 6.92 Å². The van der Waals surface area contributed by atoms with E-state index in [2.05, 4.69) is 4.98 Å².